The third-order valence-corrected chi connectivity index (χ3v) is 6.74. The number of likely N-dealkylation sites (tertiary alicyclic amines) is 2. The van der Waals surface area contributed by atoms with Crippen LogP contribution in [-0.2, 0) is 6.54 Å². The van der Waals surface area contributed by atoms with Crippen LogP contribution in [0.15, 0.2) is 30.3 Å². The number of rotatable bonds is 9. The molecule has 2 aromatic rings. The summed E-state index contributed by atoms with van der Waals surface area (Å²) in [5.74, 6) is 1.65. The van der Waals surface area contributed by atoms with Gasteiger partial charge in [-0.2, -0.15) is 4.80 Å². The maximum Gasteiger partial charge on any atom is 0.204 e. The normalized spacial score (nSPS) is 19.7. The quantitative estimate of drug-likeness (QED) is 0.583. The van der Waals surface area contributed by atoms with Crippen LogP contribution in [0.25, 0.3) is 11.4 Å². The van der Waals surface area contributed by atoms with Crippen molar-refractivity contribution in [2.45, 2.75) is 64.3 Å². The van der Waals surface area contributed by atoms with E-state index in [2.05, 4.69) is 25.2 Å². The van der Waals surface area contributed by atoms with Crippen LogP contribution < -0.4 is 0 Å². The molecule has 4 rings (SSSR count). The molecule has 0 aliphatic carbocycles. The van der Waals surface area contributed by atoms with E-state index in [1.165, 1.54) is 90.6 Å². The fraction of sp³-hybridized carbons (Fsp3) is 0.708. The van der Waals surface area contributed by atoms with Crippen molar-refractivity contribution in [2.75, 3.05) is 39.3 Å². The zero-order valence-corrected chi connectivity index (χ0v) is 18.5. The molecule has 2 aliphatic rings. The minimum Gasteiger partial charge on any atom is -0.303 e. The summed E-state index contributed by atoms with van der Waals surface area (Å²) in [6, 6.07) is 10.1. The summed E-state index contributed by atoms with van der Waals surface area (Å²) in [7, 11) is 0. The zero-order chi connectivity index (χ0) is 20.4. The van der Waals surface area contributed by atoms with Gasteiger partial charge in [-0.25, -0.2) is 0 Å². The van der Waals surface area contributed by atoms with Crippen LogP contribution in [-0.4, -0.2) is 69.3 Å². The fourth-order valence-corrected chi connectivity index (χ4v) is 4.88. The molecule has 2 saturated heterocycles. The molecule has 0 atom stereocenters. The molecule has 30 heavy (non-hydrogen) atoms. The van der Waals surface area contributed by atoms with E-state index in [-0.39, 0.29) is 0 Å². The van der Waals surface area contributed by atoms with Gasteiger partial charge in [0.1, 0.15) is 0 Å². The highest BCUT2D eigenvalue weighted by Crippen LogP contribution is 2.21. The summed E-state index contributed by atoms with van der Waals surface area (Å²) in [5.41, 5.74) is 1.03. The smallest absolute Gasteiger partial charge is 0.204 e. The standard InChI is InChI=1S/C24H38N6/c1-2-8-17-29(16-7-1)21-22-13-19-28(20-14-22)15-9-4-10-18-30-26-24(25-27-30)23-11-5-3-6-12-23/h3,5-6,11-12,22H,1-2,4,7-10,13-21H2. The number of aryl methyl sites for hydroxylation is 1. The molecular formula is C24H38N6. The number of hydrogen-bond acceptors (Lipinski definition) is 5. The average molecular weight is 411 g/mol. The maximum atomic E-state index is 4.51. The SMILES string of the molecule is c1ccc(-c2nnn(CCCCCN3CCC(CN4CCCCCC4)CC3)n2)cc1. The second-order valence-corrected chi connectivity index (χ2v) is 9.14. The van der Waals surface area contributed by atoms with Crippen LogP contribution in [0.5, 0.6) is 0 Å². The summed E-state index contributed by atoms with van der Waals surface area (Å²) >= 11 is 0. The third-order valence-electron chi connectivity index (χ3n) is 6.74. The van der Waals surface area contributed by atoms with E-state index in [0.29, 0.717) is 0 Å². The molecule has 0 N–H and O–H groups in total. The molecule has 0 bridgehead atoms. The van der Waals surface area contributed by atoms with Gasteiger partial charge >= 0.3 is 0 Å². The molecule has 1 aromatic carbocycles. The second kappa shape index (κ2) is 11.6. The lowest BCUT2D eigenvalue weighted by Gasteiger charge is -2.34. The number of benzene rings is 1. The predicted octanol–water partition coefficient (Wildman–Crippen LogP) is 4.10. The van der Waals surface area contributed by atoms with Gasteiger partial charge in [-0.15, -0.1) is 10.2 Å². The first-order chi connectivity index (χ1) is 14.9. The van der Waals surface area contributed by atoms with E-state index in [4.69, 9.17) is 0 Å². The summed E-state index contributed by atoms with van der Waals surface area (Å²) in [6.45, 7) is 8.73. The maximum absolute atomic E-state index is 4.51. The van der Waals surface area contributed by atoms with Gasteiger partial charge in [0.05, 0.1) is 6.54 Å². The van der Waals surface area contributed by atoms with Crippen LogP contribution in [0.4, 0.5) is 0 Å². The molecule has 6 nitrogen and oxygen atoms in total. The number of aromatic nitrogens is 4. The van der Waals surface area contributed by atoms with Gasteiger partial charge in [-0.3, -0.25) is 0 Å². The van der Waals surface area contributed by atoms with Crippen molar-refractivity contribution in [3.63, 3.8) is 0 Å². The molecule has 0 unspecified atom stereocenters. The van der Waals surface area contributed by atoms with Crippen LogP contribution in [0.2, 0.25) is 0 Å². The van der Waals surface area contributed by atoms with Crippen LogP contribution in [0.3, 0.4) is 0 Å². The Hall–Kier alpha value is -1.79. The Bertz CT molecular complexity index is 714. The Balaban J connectivity index is 1.07. The lowest BCUT2D eigenvalue weighted by Crippen LogP contribution is -2.39. The monoisotopic (exact) mass is 410 g/mol. The van der Waals surface area contributed by atoms with Crippen molar-refractivity contribution < 1.29 is 0 Å². The van der Waals surface area contributed by atoms with Crippen molar-refractivity contribution in [3.05, 3.63) is 30.3 Å². The lowest BCUT2D eigenvalue weighted by atomic mass is 9.96. The third kappa shape index (κ3) is 6.61. The summed E-state index contributed by atoms with van der Waals surface area (Å²) < 4.78 is 0. The van der Waals surface area contributed by atoms with E-state index in [1.807, 2.05) is 30.3 Å². The Morgan fingerprint density at radius 2 is 1.50 bits per heavy atom. The van der Waals surface area contributed by atoms with Crippen molar-refractivity contribution in [1.82, 2.24) is 30.0 Å². The first-order valence-corrected chi connectivity index (χ1v) is 12.1. The predicted molar refractivity (Wildman–Crippen MR) is 121 cm³/mol. The molecule has 0 saturated carbocycles. The molecule has 0 radical (unpaired) electrons. The zero-order valence-electron chi connectivity index (χ0n) is 18.5. The Labute approximate surface area is 181 Å². The Morgan fingerprint density at radius 3 is 2.27 bits per heavy atom. The van der Waals surface area contributed by atoms with E-state index >= 15 is 0 Å². The molecule has 6 heteroatoms. The fourth-order valence-electron chi connectivity index (χ4n) is 4.88. The highest BCUT2D eigenvalue weighted by Gasteiger charge is 2.21. The number of nitrogens with zero attached hydrogens (tertiary/aromatic N) is 6. The molecule has 0 amide bonds. The summed E-state index contributed by atoms with van der Waals surface area (Å²) in [5, 5.41) is 12.9. The van der Waals surface area contributed by atoms with Crippen molar-refractivity contribution in [2.24, 2.45) is 5.92 Å². The van der Waals surface area contributed by atoms with E-state index in [0.717, 1.165) is 30.3 Å². The second-order valence-electron chi connectivity index (χ2n) is 9.14. The average Bonchev–Trinajstić information content (AvgIpc) is 3.11. The molecule has 3 heterocycles. The minimum atomic E-state index is 0.721. The van der Waals surface area contributed by atoms with Gasteiger partial charge < -0.3 is 9.80 Å². The first-order valence-electron chi connectivity index (χ1n) is 12.1. The van der Waals surface area contributed by atoms with Crippen molar-refractivity contribution in [3.8, 4) is 11.4 Å². The van der Waals surface area contributed by atoms with Gasteiger partial charge in [0.2, 0.25) is 5.82 Å². The van der Waals surface area contributed by atoms with Crippen LogP contribution in [0.1, 0.15) is 57.8 Å². The molecule has 164 valence electrons. The largest absolute Gasteiger partial charge is 0.303 e. The topological polar surface area (TPSA) is 50.1 Å². The van der Waals surface area contributed by atoms with Crippen molar-refractivity contribution in [1.29, 1.82) is 0 Å². The van der Waals surface area contributed by atoms with Gasteiger partial charge in [-0.1, -0.05) is 49.6 Å². The molecule has 0 spiro atoms. The van der Waals surface area contributed by atoms with Crippen LogP contribution in [0, 0.1) is 5.92 Å². The Morgan fingerprint density at radius 1 is 0.767 bits per heavy atom. The first kappa shape index (κ1) is 21.4. The molecular weight excluding hydrogens is 372 g/mol. The van der Waals surface area contributed by atoms with Gasteiger partial charge in [-0.05, 0) is 82.4 Å². The highest BCUT2D eigenvalue weighted by atomic mass is 15.6. The van der Waals surface area contributed by atoms with Crippen molar-refractivity contribution >= 4 is 0 Å². The van der Waals surface area contributed by atoms with Crippen LogP contribution >= 0.6 is 0 Å². The van der Waals surface area contributed by atoms with E-state index < -0.39 is 0 Å². The number of tetrazole rings is 1. The highest BCUT2D eigenvalue weighted by molar-refractivity contribution is 5.52. The number of unbranched alkanes of at least 4 members (excludes halogenated alkanes) is 2. The molecule has 2 aliphatic heterocycles. The summed E-state index contributed by atoms with van der Waals surface area (Å²) in [4.78, 5) is 7.17. The van der Waals surface area contributed by atoms with E-state index in [9.17, 15) is 0 Å². The molecule has 1 aromatic heterocycles. The minimum absolute atomic E-state index is 0.721. The summed E-state index contributed by atoms with van der Waals surface area (Å²) in [6.07, 6.45) is 12.1. The lowest BCUT2D eigenvalue weighted by molar-refractivity contribution is 0.143. The Kier molecular flexibility index (Phi) is 8.26. The number of hydrogen-bond donors (Lipinski definition) is 0. The van der Waals surface area contributed by atoms with E-state index in [1.54, 1.807) is 4.80 Å². The van der Waals surface area contributed by atoms with Gasteiger partial charge in [0.15, 0.2) is 0 Å². The van der Waals surface area contributed by atoms with Gasteiger partial charge in [0, 0.05) is 12.1 Å². The number of piperidine rings is 1. The van der Waals surface area contributed by atoms with Gasteiger partial charge in [0.25, 0.3) is 0 Å². The molecule has 2 fully saturated rings.